The number of benzene rings is 1. The second kappa shape index (κ2) is 7.02. The van der Waals surface area contributed by atoms with Crippen molar-refractivity contribution in [1.29, 1.82) is 0 Å². The van der Waals surface area contributed by atoms with Crippen LogP contribution in [0.5, 0.6) is 5.75 Å². The highest BCUT2D eigenvalue weighted by Gasteiger charge is 2.36. The lowest BCUT2D eigenvalue weighted by atomic mass is 9.84. The standard InChI is InChI=1S/C16H19ClN2O4/c1-16(2,10-17)15(20)14(13-4-3-9-18-13)23-12-7-5-11(6-8-12)19(21)22/h3-9,14-15,18,20H,10H2,1-2H3. The van der Waals surface area contributed by atoms with Crippen LogP contribution in [0.25, 0.3) is 0 Å². The molecule has 1 heterocycles. The van der Waals surface area contributed by atoms with Gasteiger partial charge in [-0.3, -0.25) is 10.1 Å². The van der Waals surface area contributed by atoms with Gasteiger partial charge in [0.25, 0.3) is 5.69 Å². The minimum atomic E-state index is -0.867. The number of H-pyrrole nitrogens is 1. The molecule has 1 aromatic carbocycles. The Morgan fingerprint density at radius 3 is 2.48 bits per heavy atom. The van der Waals surface area contributed by atoms with Crippen molar-refractivity contribution >= 4 is 17.3 Å². The molecule has 2 aromatic rings. The van der Waals surface area contributed by atoms with Gasteiger partial charge in [0.15, 0.2) is 6.10 Å². The molecule has 2 unspecified atom stereocenters. The van der Waals surface area contributed by atoms with Crippen LogP contribution < -0.4 is 4.74 Å². The van der Waals surface area contributed by atoms with Crippen molar-refractivity contribution in [3.8, 4) is 5.75 Å². The highest BCUT2D eigenvalue weighted by molar-refractivity contribution is 6.18. The number of nitro groups is 1. The summed E-state index contributed by atoms with van der Waals surface area (Å²) in [5.41, 5.74) is 0.113. The Hall–Kier alpha value is -2.05. The Bertz CT molecular complexity index is 641. The number of alkyl halides is 1. The maximum absolute atomic E-state index is 10.7. The minimum absolute atomic E-state index is 0.0181. The molecule has 0 saturated heterocycles. The van der Waals surface area contributed by atoms with Gasteiger partial charge in [0.1, 0.15) is 11.9 Å². The average Bonchev–Trinajstić information content (AvgIpc) is 3.06. The Morgan fingerprint density at radius 2 is 2.00 bits per heavy atom. The minimum Gasteiger partial charge on any atom is -0.481 e. The van der Waals surface area contributed by atoms with Crippen LogP contribution in [-0.2, 0) is 0 Å². The molecule has 7 heteroatoms. The molecule has 2 N–H and O–H groups in total. The van der Waals surface area contributed by atoms with Crippen molar-refractivity contribution in [2.75, 3.05) is 5.88 Å². The number of aliphatic hydroxyl groups is 1. The molecule has 0 radical (unpaired) electrons. The number of hydrogen-bond donors (Lipinski definition) is 2. The Kier molecular flexibility index (Phi) is 5.28. The zero-order valence-electron chi connectivity index (χ0n) is 12.9. The SMILES string of the molecule is CC(C)(CCl)C(O)C(Oc1ccc([N+](=O)[O-])cc1)c1ccc[nH]1. The van der Waals surface area contributed by atoms with Crippen molar-refractivity contribution in [3.63, 3.8) is 0 Å². The van der Waals surface area contributed by atoms with Crippen molar-refractivity contribution in [3.05, 3.63) is 58.4 Å². The highest BCUT2D eigenvalue weighted by Crippen LogP contribution is 2.34. The van der Waals surface area contributed by atoms with E-state index in [1.807, 2.05) is 26.0 Å². The molecule has 124 valence electrons. The number of nitro benzene ring substituents is 1. The molecule has 0 spiro atoms. The maximum atomic E-state index is 10.7. The zero-order chi connectivity index (χ0) is 17.0. The van der Waals surface area contributed by atoms with Crippen LogP contribution in [-0.4, -0.2) is 27.0 Å². The largest absolute Gasteiger partial charge is 0.481 e. The third kappa shape index (κ3) is 4.03. The molecule has 2 atom stereocenters. The van der Waals surface area contributed by atoms with Gasteiger partial charge in [-0.15, -0.1) is 11.6 Å². The maximum Gasteiger partial charge on any atom is 0.269 e. The van der Waals surface area contributed by atoms with E-state index in [2.05, 4.69) is 4.98 Å². The predicted octanol–water partition coefficient (Wildman–Crippen LogP) is 3.67. The average molecular weight is 339 g/mol. The summed E-state index contributed by atoms with van der Waals surface area (Å²) >= 11 is 5.95. The third-order valence-corrected chi connectivity index (χ3v) is 4.36. The number of nitrogens with one attached hydrogen (secondary N) is 1. The van der Waals surface area contributed by atoms with Crippen LogP contribution in [0, 0.1) is 15.5 Å². The molecule has 0 bridgehead atoms. The fraction of sp³-hybridized carbons (Fsp3) is 0.375. The summed E-state index contributed by atoms with van der Waals surface area (Å²) in [5, 5.41) is 21.4. The van der Waals surface area contributed by atoms with E-state index >= 15 is 0 Å². The molecule has 6 nitrogen and oxygen atoms in total. The smallest absolute Gasteiger partial charge is 0.269 e. The number of nitrogens with zero attached hydrogens (tertiary/aromatic N) is 1. The van der Waals surface area contributed by atoms with E-state index < -0.39 is 22.5 Å². The van der Waals surface area contributed by atoms with Crippen LogP contribution >= 0.6 is 11.6 Å². The van der Waals surface area contributed by atoms with Gasteiger partial charge in [0.05, 0.1) is 10.6 Å². The van der Waals surface area contributed by atoms with Crippen LogP contribution in [0.2, 0.25) is 0 Å². The number of aromatic amines is 1. The fourth-order valence-corrected chi connectivity index (χ4v) is 2.26. The first kappa shape index (κ1) is 17.3. The summed E-state index contributed by atoms with van der Waals surface area (Å²) in [5.74, 6) is 0.689. The molecule has 0 fully saturated rings. The van der Waals surface area contributed by atoms with E-state index in [-0.39, 0.29) is 11.6 Å². The highest BCUT2D eigenvalue weighted by atomic mass is 35.5. The number of ether oxygens (including phenoxy) is 1. The quantitative estimate of drug-likeness (QED) is 0.458. The lowest BCUT2D eigenvalue weighted by Gasteiger charge is -2.34. The van der Waals surface area contributed by atoms with E-state index in [9.17, 15) is 15.2 Å². The normalized spacial score (nSPS) is 14.3. The summed E-state index contributed by atoms with van der Waals surface area (Å²) in [7, 11) is 0. The van der Waals surface area contributed by atoms with Crippen molar-refractivity contribution in [2.45, 2.75) is 26.1 Å². The molecule has 0 aliphatic rings. The molecule has 0 aliphatic heterocycles. The fourth-order valence-electron chi connectivity index (χ4n) is 2.10. The monoisotopic (exact) mass is 338 g/mol. The number of halogens is 1. The predicted molar refractivity (Wildman–Crippen MR) is 87.8 cm³/mol. The van der Waals surface area contributed by atoms with Crippen LogP contribution in [0.1, 0.15) is 25.6 Å². The summed E-state index contributed by atoms with van der Waals surface area (Å²) in [6, 6.07) is 9.36. The number of hydrogen-bond acceptors (Lipinski definition) is 4. The van der Waals surface area contributed by atoms with Gasteiger partial charge in [-0.1, -0.05) is 13.8 Å². The van der Waals surface area contributed by atoms with E-state index in [0.29, 0.717) is 11.4 Å². The third-order valence-electron chi connectivity index (χ3n) is 3.67. The van der Waals surface area contributed by atoms with Gasteiger partial charge in [0.2, 0.25) is 0 Å². The summed E-state index contributed by atoms with van der Waals surface area (Å²) in [6.45, 7) is 3.69. The number of rotatable bonds is 7. The molecule has 1 aromatic heterocycles. The van der Waals surface area contributed by atoms with E-state index in [1.54, 1.807) is 6.20 Å². The summed E-state index contributed by atoms with van der Waals surface area (Å²) in [4.78, 5) is 13.3. The Labute approximate surface area is 139 Å². The second-order valence-electron chi connectivity index (χ2n) is 5.98. The summed E-state index contributed by atoms with van der Waals surface area (Å²) < 4.78 is 5.88. The molecule has 0 amide bonds. The van der Waals surface area contributed by atoms with Gasteiger partial charge >= 0.3 is 0 Å². The van der Waals surface area contributed by atoms with Crippen molar-refractivity contribution in [2.24, 2.45) is 5.41 Å². The molecule has 0 saturated carbocycles. The Balaban J connectivity index is 2.26. The van der Waals surface area contributed by atoms with E-state index in [0.717, 1.165) is 0 Å². The first-order chi connectivity index (χ1) is 10.8. The van der Waals surface area contributed by atoms with Crippen LogP contribution in [0.4, 0.5) is 5.69 Å². The summed E-state index contributed by atoms with van der Waals surface area (Å²) in [6.07, 6.45) is 0.205. The van der Waals surface area contributed by atoms with Gasteiger partial charge in [-0.05, 0) is 24.3 Å². The molecule has 0 aliphatic carbocycles. The van der Waals surface area contributed by atoms with Crippen LogP contribution in [0.3, 0.4) is 0 Å². The first-order valence-corrected chi connectivity index (χ1v) is 7.67. The zero-order valence-corrected chi connectivity index (χ0v) is 13.7. The van der Waals surface area contributed by atoms with Crippen LogP contribution in [0.15, 0.2) is 42.6 Å². The molecular weight excluding hydrogens is 320 g/mol. The van der Waals surface area contributed by atoms with Crippen molar-refractivity contribution in [1.82, 2.24) is 4.98 Å². The number of aliphatic hydroxyl groups excluding tert-OH is 1. The van der Waals surface area contributed by atoms with Gasteiger partial charge in [0, 0.05) is 29.6 Å². The van der Waals surface area contributed by atoms with Gasteiger partial charge in [-0.2, -0.15) is 0 Å². The first-order valence-electron chi connectivity index (χ1n) is 7.13. The Morgan fingerprint density at radius 1 is 1.35 bits per heavy atom. The molecular formula is C16H19ClN2O4. The van der Waals surface area contributed by atoms with Gasteiger partial charge < -0.3 is 14.8 Å². The lowest BCUT2D eigenvalue weighted by Crippen LogP contribution is -2.38. The number of non-ortho nitro benzene ring substituents is 1. The van der Waals surface area contributed by atoms with Crippen molar-refractivity contribution < 1.29 is 14.8 Å². The molecule has 2 rings (SSSR count). The molecule has 23 heavy (non-hydrogen) atoms. The van der Waals surface area contributed by atoms with Gasteiger partial charge in [-0.25, -0.2) is 0 Å². The topological polar surface area (TPSA) is 88.4 Å². The second-order valence-corrected chi connectivity index (χ2v) is 6.25. The van der Waals surface area contributed by atoms with E-state index in [1.165, 1.54) is 24.3 Å². The lowest BCUT2D eigenvalue weighted by molar-refractivity contribution is -0.384. The van der Waals surface area contributed by atoms with E-state index in [4.69, 9.17) is 16.3 Å². The number of aromatic nitrogens is 1.